The van der Waals surface area contributed by atoms with Gasteiger partial charge in [-0.25, -0.2) is 4.57 Å². The number of allylic oxidation sites excluding steroid dienone is 8. The lowest BCUT2D eigenvalue weighted by Crippen LogP contribution is -2.29. The van der Waals surface area contributed by atoms with Crippen LogP contribution in [0.1, 0.15) is 194 Å². The molecule has 62 heavy (non-hydrogen) atoms. The van der Waals surface area contributed by atoms with E-state index in [9.17, 15) is 29.3 Å². The van der Waals surface area contributed by atoms with E-state index >= 15 is 0 Å². The Morgan fingerprint density at radius 1 is 0.597 bits per heavy atom. The molecular formula is C50H89O11P. The van der Waals surface area contributed by atoms with Gasteiger partial charge in [-0.3, -0.25) is 18.6 Å². The van der Waals surface area contributed by atoms with E-state index in [1.807, 2.05) is 42.5 Å². The van der Waals surface area contributed by atoms with Crippen LogP contribution in [-0.2, 0) is 32.7 Å². The van der Waals surface area contributed by atoms with Crippen molar-refractivity contribution in [3.8, 4) is 0 Å². The van der Waals surface area contributed by atoms with Crippen molar-refractivity contribution in [1.82, 2.24) is 0 Å². The first-order valence-electron chi connectivity index (χ1n) is 24.2. The normalized spacial score (nSPS) is 14.8. The number of phosphoric ester groups is 1. The van der Waals surface area contributed by atoms with Gasteiger partial charge in [0.2, 0.25) is 0 Å². The number of carbonyl (C=O) groups is 2. The van der Waals surface area contributed by atoms with Crippen LogP contribution in [0.2, 0.25) is 0 Å². The Kier molecular flexibility index (Phi) is 42.2. The lowest BCUT2D eigenvalue weighted by molar-refractivity contribution is -0.161. The van der Waals surface area contributed by atoms with Gasteiger partial charge in [0.05, 0.1) is 25.9 Å². The summed E-state index contributed by atoms with van der Waals surface area (Å²) in [6.07, 6.45) is 45.1. The van der Waals surface area contributed by atoms with E-state index < -0.39 is 57.9 Å². The van der Waals surface area contributed by atoms with Crippen LogP contribution in [0.5, 0.6) is 0 Å². The van der Waals surface area contributed by atoms with Gasteiger partial charge in [0.15, 0.2) is 6.10 Å². The monoisotopic (exact) mass is 897 g/mol. The summed E-state index contributed by atoms with van der Waals surface area (Å²) in [5, 5.41) is 28.4. The minimum Gasteiger partial charge on any atom is -0.462 e. The molecule has 0 aliphatic rings. The molecule has 0 spiro atoms. The summed E-state index contributed by atoms with van der Waals surface area (Å²) in [4.78, 5) is 35.1. The van der Waals surface area contributed by atoms with Crippen LogP contribution in [0.4, 0.5) is 0 Å². The number of unbranched alkanes of at least 4 members (excludes halogenated alkanes) is 18. The highest BCUT2D eigenvalue weighted by atomic mass is 31.2. The fourth-order valence-corrected chi connectivity index (χ4v) is 7.26. The Bertz CT molecular complexity index is 1250. The van der Waals surface area contributed by atoms with E-state index in [1.54, 1.807) is 6.08 Å². The van der Waals surface area contributed by atoms with E-state index in [0.717, 1.165) is 38.0 Å². The second-order valence-corrected chi connectivity index (χ2v) is 18.2. The molecule has 0 amide bonds. The van der Waals surface area contributed by atoms with Gasteiger partial charge in [-0.05, 0) is 50.9 Å². The molecule has 0 radical (unpaired) electrons. The van der Waals surface area contributed by atoms with Crippen LogP contribution in [0.15, 0.2) is 60.8 Å². The predicted octanol–water partition coefficient (Wildman–Crippen LogP) is 12.3. The van der Waals surface area contributed by atoms with Gasteiger partial charge >= 0.3 is 19.8 Å². The Morgan fingerprint density at radius 2 is 1.11 bits per heavy atom. The summed E-state index contributed by atoms with van der Waals surface area (Å²) in [6.45, 7) is 4.48. The molecule has 0 aliphatic heterocycles. The second kappa shape index (κ2) is 43.9. The summed E-state index contributed by atoms with van der Waals surface area (Å²) in [6, 6.07) is 0. The summed E-state index contributed by atoms with van der Waals surface area (Å²) < 4.78 is 32.7. The van der Waals surface area contributed by atoms with Crippen molar-refractivity contribution < 1.29 is 52.9 Å². The Labute approximate surface area is 377 Å². The lowest BCUT2D eigenvalue weighted by Gasteiger charge is -2.20. The van der Waals surface area contributed by atoms with Gasteiger partial charge in [-0.1, -0.05) is 197 Å². The maximum Gasteiger partial charge on any atom is 0.472 e. The van der Waals surface area contributed by atoms with Crippen LogP contribution in [0.25, 0.3) is 0 Å². The zero-order valence-corrected chi connectivity index (χ0v) is 40.0. The molecule has 11 nitrogen and oxygen atoms in total. The molecule has 4 atom stereocenters. The number of phosphoric acid groups is 1. The molecule has 0 saturated carbocycles. The quantitative estimate of drug-likeness (QED) is 0.0151. The van der Waals surface area contributed by atoms with Crippen LogP contribution in [-0.4, -0.2) is 76.9 Å². The fraction of sp³-hybridized carbons (Fsp3) is 0.760. The number of carbonyl (C=O) groups excluding carboxylic acids is 2. The lowest BCUT2D eigenvalue weighted by atomic mass is 10.0. The molecule has 0 aromatic rings. The van der Waals surface area contributed by atoms with E-state index in [2.05, 4.69) is 37.4 Å². The predicted molar refractivity (Wildman–Crippen MR) is 253 cm³/mol. The molecule has 4 N–H and O–H groups in total. The summed E-state index contributed by atoms with van der Waals surface area (Å²) in [7, 11) is -4.65. The molecule has 0 aromatic carbocycles. The first-order valence-corrected chi connectivity index (χ1v) is 25.7. The third-order valence-corrected chi connectivity index (χ3v) is 11.1. The van der Waals surface area contributed by atoms with Gasteiger partial charge < -0.3 is 29.7 Å². The number of hydrogen-bond acceptors (Lipinski definition) is 10. The molecular weight excluding hydrogens is 808 g/mol. The fourth-order valence-electron chi connectivity index (χ4n) is 6.48. The van der Waals surface area contributed by atoms with Gasteiger partial charge in [0, 0.05) is 12.8 Å². The zero-order chi connectivity index (χ0) is 45.8. The number of hydrogen-bond donors (Lipinski definition) is 4. The highest BCUT2D eigenvalue weighted by Crippen LogP contribution is 2.43. The van der Waals surface area contributed by atoms with Crippen LogP contribution in [0, 0.1) is 5.92 Å². The van der Waals surface area contributed by atoms with Gasteiger partial charge in [0.25, 0.3) is 0 Å². The third kappa shape index (κ3) is 44.2. The van der Waals surface area contributed by atoms with Crippen molar-refractivity contribution in [2.75, 3.05) is 26.4 Å². The van der Waals surface area contributed by atoms with E-state index in [4.69, 9.17) is 19.1 Å². The molecule has 360 valence electrons. The summed E-state index contributed by atoms with van der Waals surface area (Å²) in [5.74, 6) is -0.191. The maximum atomic E-state index is 12.6. The van der Waals surface area contributed by atoms with Crippen molar-refractivity contribution in [3.05, 3.63) is 60.8 Å². The Morgan fingerprint density at radius 3 is 1.69 bits per heavy atom. The first-order chi connectivity index (χ1) is 30.0. The SMILES string of the molecule is CC/C=C\C/C=C\CC(O)/C=C/C=C\C/C=C\CCCC(=O)O[C@H](COC(=O)CCCCCCCCCCCCCCCCCCCCC(C)C)COP(=O)(O)OC[C@@H](O)CO. The Balaban J connectivity index is 4.32. The maximum absolute atomic E-state index is 12.6. The van der Waals surface area contributed by atoms with Gasteiger partial charge in [-0.2, -0.15) is 0 Å². The molecule has 2 unspecified atom stereocenters. The number of aliphatic hydroxyl groups is 3. The largest absolute Gasteiger partial charge is 0.472 e. The van der Waals surface area contributed by atoms with Crippen molar-refractivity contribution >= 4 is 19.8 Å². The summed E-state index contributed by atoms with van der Waals surface area (Å²) in [5.41, 5.74) is 0. The minimum atomic E-state index is -4.65. The zero-order valence-electron chi connectivity index (χ0n) is 39.1. The molecule has 0 bridgehead atoms. The smallest absolute Gasteiger partial charge is 0.462 e. The molecule has 0 aliphatic carbocycles. The molecule has 12 heteroatoms. The van der Waals surface area contributed by atoms with Crippen molar-refractivity contribution in [3.63, 3.8) is 0 Å². The summed E-state index contributed by atoms with van der Waals surface area (Å²) >= 11 is 0. The van der Waals surface area contributed by atoms with Crippen LogP contribution >= 0.6 is 7.82 Å². The highest BCUT2D eigenvalue weighted by molar-refractivity contribution is 7.47. The Hall–Kier alpha value is -2.37. The molecule has 0 aromatic heterocycles. The topological polar surface area (TPSA) is 169 Å². The average molecular weight is 897 g/mol. The first kappa shape index (κ1) is 59.6. The van der Waals surface area contributed by atoms with Crippen molar-refractivity contribution in [1.29, 1.82) is 0 Å². The number of ether oxygens (including phenoxy) is 2. The number of rotatable bonds is 44. The molecule has 0 fully saturated rings. The van der Waals surface area contributed by atoms with Crippen molar-refractivity contribution in [2.45, 2.75) is 212 Å². The van der Waals surface area contributed by atoms with E-state index in [0.29, 0.717) is 32.1 Å². The standard InChI is InChI=1S/C50H89O11P/c1-4-5-6-7-27-32-37-46(52)38-33-28-23-20-21-25-30-35-40-50(55)61-48(44-60-62(56,57)59-42-47(53)41-51)43-58-49(54)39-34-29-24-19-17-15-13-11-9-8-10-12-14-16-18-22-26-31-36-45(2)3/h5-6,21,23,25,27-28,32-33,38,45-48,51-53H,4,7-20,22,24,26,29-31,34-37,39-44H2,1-3H3,(H,56,57)/b6-5-,25-21-,28-23-,32-27-,38-33+/t46?,47-,48+/m0/s1. The van der Waals surface area contributed by atoms with Crippen molar-refractivity contribution in [2.24, 2.45) is 5.92 Å². The second-order valence-electron chi connectivity index (χ2n) is 16.8. The third-order valence-electron chi connectivity index (χ3n) is 10.2. The van der Waals surface area contributed by atoms with Crippen LogP contribution in [0.3, 0.4) is 0 Å². The van der Waals surface area contributed by atoms with Crippen LogP contribution < -0.4 is 0 Å². The number of aliphatic hydroxyl groups excluding tert-OH is 3. The highest BCUT2D eigenvalue weighted by Gasteiger charge is 2.27. The van der Waals surface area contributed by atoms with E-state index in [1.165, 1.54) is 96.3 Å². The minimum absolute atomic E-state index is 0.0730. The average Bonchev–Trinajstić information content (AvgIpc) is 3.24. The molecule has 0 heterocycles. The molecule has 0 rings (SSSR count). The number of esters is 2. The van der Waals surface area contributed by atoms with Gasteiger partial charge in [-0.15, -0.1) is 0 Å². The molecule has 0 saturated heterocycles. The van der Waals surface area contributed by atoms with E-state index in [-0.39, 0.29) is 19.4 Å². The van der Waals surface area contributed by atoms with Gasteiger partial charge in [0.1, 0.15) is 12.7 Å².